The second-order valence-electron chi connectivity index (χ2n) is 4.20. The van der Waals surface area contributed by atoms with E-state index in [1.54, 1.807) is 11.3 Å². The lowest BCUT2D eigenvalue weighted by atomic mass is 10.1. The zero-order valence-corrected chi connectivity index (χ0v) is 13.3. The van der Waals surface area contributed by atoms with Crippen LogP contribution in [0.5, 0.6) is 0 Å². The lowest BCUT2D eigenvalue weighted by molar-refractivity contribution is 0.0953. The molecule has 1 aromatic carbocycles. The molecule has 0 saturated carbocycles. The first-order valence-corrected chi connectivity index (χ1v) is 7.95. The first-order chi connectivity index (χ1) is 9.16. The quantitative estimate of drug-likeness (QED) is 0.776. The van der Waals surface area contributed by atoms with Crippen LogP contribution in [0.25, 0.3) is 0 Å². The zero-order chi connectivity index (χ0) is 13.7. The highest BCUT2D eigenvalue weighted by atomic mass is 127. The van der Waals surface area contributed by atoms with Crippen LogP contribution in [0.2, 0.25) is 0 Å². The number of thiophene rings is 1. The Labute approximate surface area is 130 Å². The summed E-state index contributed by atoms with van der Waals surface area (Å²) in [7, 11) is 0. The van der Waals surface area contributed by atoms with Crippen molar-refractivity contribution < 1.29 is 4.79 Å². The topological polar surface area (TPSA) is 55.1 Å². The molecule has 100 valence electrons. The van der Waals surface area contributed by atoms with E-state index in [2.05, 4.69) is 27.9 Å². The highest BCUT2D eigenvalue weighted by molar-refractivity contribution is 14.1. The van der Waals surface area contributed by atoms with E-state index in [4.69, 9.17) is 5.73 Å². The van der Waals surface area contributed by atoms with Gasteiger partial charge in [0.05, 0.1) is 8.45 Å². The fraction of sp³-hybridized carbons (Fsp3) is 0.214. The number of rotatable bonds is 5. The third-order valence-corrected chi connectivity index (χ3v) is 4.59. The normalized spacial score (nSPS) is 12.1. The van der Waals surface area contributed by atoms with Crippen LogP contribution in [0.15, 0.2) is 41.8 Å². The predicted molar refractivity (Wildman–Crippen MR) is 87.4 cm³/mol. The maximum atomic E-state index is 11.8. The molecule has 1 amide bonds. The van der Waals surface area contributed by atoms with Gasteiger partial charge < -0.3 is 11.1 Å². The summed E-state index contributed by atoms with van der Waals surface area (Å²) < 4.78 is 1.11. The lowest BCUT2D eigenvalue weighted by Crippen LogP contribution is -2.26. The van der Waals surface area contributed by atoms with Gasteiger partial charge in [-0.25, -0.2) is 0 Å². The summed E-state index contributed by atoms with van der Waals surface area (Å²) in [6, 6.07) is 11.8. The summed E-state index contributed by atoms with van der Waals surface area (Å²) in [5.74, 6) is -0.0283. The first kappa shape index (κ1) is 14.5. The third kappa shape index (κ3) is 4.29. The van der Waals surface area contributed by atoms with Crippen molar-refractivity contribution in [2.45, 2.75) is 12.5 Å². The van der Waals surface area contributed by atoms with Gasteiger partial charge in [0.15, 0.2) is 0 Å². The van der Waals surface area contributed by atoms with Crippen LogP contribution in [-0.4, -0.2) is 12.5 Å². The monoisotopic (exact) mass is 386 g/mol. The van der Waals surface area contributed by atoms with E-state index >= 15 is 0 Å². The average molecular weight is 386 g/mol. The molecule has 0 radical (unpaired) electrons. The predicted octanol–water partition coefficient (Wildman–Crippen LogP) is 3.17. The Morgan fingerprint density at radius 1 is 1.37 bits per heavy atom. The Kier molecular flexibility index (Phi) is 5.35. The lowest BCUT2D eigenvalue weighted by Gasteiger charge is -2.12. The van der Waals surface area contributed by atoms with Crippen molar-refractivity contribution in [1.82, 2.24) is 5.32 Å². The van der Waals surface area contributed by atoms with Crippen LogP contribution in [0.1, 0.15) is 28.4 Å². The molecule has 0 bridgehead atoms. The number of amides is 1. The summed E-state index contributed by atoms with van der Waals surface area (Å²) in [6.07, 6.45) is 0.733. The van der Waals surface area contributed by atoms with Gasteiger partial charge in [0.2, 0.25) is 0 Å². The Balaban J connectivity index is 1.79. The van der Waals surface area contributed by atoms with Gasteiger partial charge in [-0.15, -0.1) is 11.3 Å². The molecule has 0 fully saturated rings. The summed E-state index contributed by atoms with van der Waals surface area (Å²) in [6.45, 7) is 0.585. The molecule has 0 saturated heterocycles. The van der Waals surface area contributed by atoms with Crippen LogP contribution in [0, 0.1) is 2.88 Å². The number of nitrogens with two attached hydrogens (primary N) is 1. The number of carbonyl (C=O) groups is 1. The zero-order valence-electron chi connectivity index (χ0n) is 10.3. The Hall–Kier alpha value is -0.920. The van der Waals surface area contributed by atoms with Crippen molar-refractivity contribution in [3.8, 4) is 0 Å². The van der Waals surface area contributed by atoms with Crippen LogP contribution in [-0.2, 0) is 0 Å². The van der Waals surface area contributed by atoms with E-state index in [9.17, 15) is 4.79 Å². The molecule has 19 heavy (non-hydrogen) atoms. The second kappa shape index (κ2) is 7.02. The van der Waals surface area contributed by atoms with Gasteiger partial charge in [0, 0.05) is 18.0 Å². The van der Waals surface area contributed by atoms with Crippen LogP contribution in [0.3, 0.4) is 0 Å². The molecule has 2 aromatic rings. The van der Waals surface area contributed by atoms with E-state index in [1.165, 1.54) is 0 Å². The minimum Gasteiger partial charge on any atom is -0.352 e. The van der Waals surface area contributed by atoms with Gasteiger partial charge in [-0.3, -0.25) is 4.79 Å². The summed E-state index contributed by atoms with van der Waals surface area (Å²) in [4.78, 5) is 11.8. The maximum Gasteiger partial charge on any atom is 0.252 e. The molecule has 3 nitrogen and oxygen atoms in total. The van der Waals surface area contributed by atoms with Crippen molar-refractivity contribution >= 4 is 39.8 Å². The number of carbonyl (C=O) groups excluding carboxylic acids is 1. The fourth-order valence-corrected chi connectivity index (χ4v) is 3.07. The van der Waals surface area contributed by atoms with Gasteiger partial charge in [-0.05, 0) is 40.6 Å². The average Bonchev–Trinajstić information content (AvgIpc) is 2.86. The van der Waals surface area contributed by atoms with E-state index in [0.29, 0.717) is 6.54 Å². The standard InChI is InChI=1S/C14H15IN2OS/c15-13-8-11(9-19-13)14(18)17-7-6-12(16)10-4-2-1-3-5-10/h1-5,8-9,12H,6-7,16H2,(H,17,18). The Morgan fingerprint density at radius 2 is 2.11 bits per heavy atom. The molecule has 0 aliphatic carbocycles. The minimum absolute atomic E-state index is 0.0283. The largest absolute Gasteiger partial charge is 0.352 e. The second-order valence-corrected chi connectivity index (χ2v) is 7.01. The van der Waals surface area contributed by atoms with Crippen molar-refractivity contribution in [3.63, 3.8) is 0 Å². The molecule has 1 heterocycles. The number of hydrogen-bond donors (Lipinski definition) is 2. The number of hydrogen-bond acceptors (Lipinski definition) is 3. The molecule has 0 aliphatic heterocycles. The van der Waals surface area contributed by atoms with E-state index in [0.717, 1.165) is 20.4 Å². The number of halogens is 1. The van der Waals surface area contributed by atoms with Gasteiger partial charge >= 0.3 is 0 Å². The summed E-state index contributed by atoms with van der Waals surface area (Å²) in [5, 5.41) is 4.77. The molecule has 0 aliphatic rings. The summed E-state index contributed by atoms with van der Waals surface area (Å²) >= 11 is 3.78. The molecule has 5 heteroatoms. The van der Waals surface area contributed by atoms with Gasteiger partial charge in [0.25, 0.3) is 5.91 Å². The highest BCUT2D eigenvalue weighted by Gasteiger charge is 2.09. The molecular weight excluding hydrogens is 371 g/mol. The smallest absolute Gasteiger partial charge is 0.252 e. The van der Waals surface area contributed by atoms with Crippen LogP contribution >= 0.6 is 33.9 Å². The van der Waals surface area contributed by atoms with Gasteiger partial charge in [-0.2, -0.15) is 0 Å². The Morgan fingerprint density at radius 3 is 2.74 bits per heavy atom. The minimum atomic E-state index is -0.0379. The van der Waals surface area contributed by atoms with Crippen LogP contribution in [0.4, 0.5) is 0 Å². The fourth-order valence-electron chi connectivity index (χ4n) is 1.74. The van der Waals surface area contributed by atoms with Crippen LogP contribution < -0.4 is 11.1 Å². The molecule has 1 aromatic heterocycles. The Bertz CT molecular complexity index is 541. The molecule has 2 rings (SSSR count). The SMILES string of the molecule is NC(CCNC(=O)c1csc(I)c1)c1ccccc1. The molecule has 1 atom stereocenters. The molecule has 0 spiro atoms. The number of nitrogens with one attached hydrogen (secondary N) is 1. The van der Waals surface area contributed by atoms with Crippen molar-refractivity contribution in [2.24, 2.45) is 5.73 Å². The maximum absolute atomic E-state index is 11.8. The van der Waals surface area contributed by atoms with E-state index in [1.807, 2.05) is 41.8 Å². The summed E-state index contributed by atoms with van der Waals surface area (Å²) in [5.41, 5.74) is 7.90. The van der Waals surface area contributed by atoms with Crippen molar-refractivity contribution in [2.75, 3.05) is 6.54 Å². The van der Waals surface area contributed by atoms with Gasteiger partial charge in [0.1, 0.15) is 0 Å². The van der Waals surface area contributed by atoms with E-state index in [-0.39, 0.29) is 11.9 Å². The molecule has 1 unspecified atom stereocenters. The van der Waals surface area contributed by atoms with Crippen molar-refractivity contribution in [1.29, 1.82) is 0 Å². The molecule has 3 N–H and O–H groups in total. The third-order valence-electron chi connectivity index (χ3n) is 2.80. The van der Waals surface area contributed by atoms with Crippen molar-refractivity contribution in [3.05, 3.63) is 55.8 Å². The van der Waals surface area contributed by atoms with Gasteiger partial charge in [-0.1, -0.05) is 30.3 Å². The van der Waals surface area contributed by atoms with E-state index < -0.39 is 0 Å². The highest BCUT2D eigenvalue weighted by Crippen LogP contribution is 2.16. The molecular formula is C14H15IN2OS. The number of benzene rings is 1. The first-order valence-electron chi connectivity index (χ1n) is 5.99.